The van der Waals surface area contributed by atoms with E-state index in [1.54, 1.807) is 0 Å². The molecule has 0 saturated heterocycles. The normalized spacial score (nSPS) is 22.1. The predicted molar refractivity (Wildman–Crippen MR) is 57.5 cm³/mol. The molecule has 1 unspecified atom stereocenters. The van der Waals surface area contributed by atoms with Crippen LogP contribution in [0.5, 0.6) is 0 Å². The number of carbonyl (C=O) groups is 1. The summed E-state index contributed by atoms with van der Waals surface area (Å²) >= 11 is 0. The SMILES string of the molecule is CN(CC(N)CC1CCC(F)(F)CC1)C(=O)[O-]. The number of hydrogen-bond acceptors (Lipinski definition) is 3. The summed E-state index contributed by atoms with van der Waals surface area (Å²) in [7, 11) is 1.39. The Morgan fingerprint density at radius 3 is 2.53 bits per heavy atom. The lowest BCUT2D eigenvalue weighted by molar-refractivity contribution is -0.264. The van der Waals surface area contributed by atoms with Crippen molar-refractivity contribution in [3.63, 3.8) is 0 Å². The number of carbonyl (C=O) groups excluding carboxylic acids is 1. The molecule has 100 valence electrons. The van der Waals surface area contributed by atoms with E-state index < -0.39 is 12.0 Å². The molecular weight excluding hydrogens is 230 g/mol. The van der Waals surface area contributed by atoms with Crippen molar-refractivity contribution in [1.29, 1.82) is 0 Å². The minimum Gasteiger partial charge on any atom is -0.530 e. The fourth-order valence-corrected chi connectivity index (χ4v) is 2.26. The summed E-state index contributed by atoms with van der Waals surface area (Å²) in [5.74, 6) is -2.35. The van der Waals surface area contributed by atoms with Crippen LogP contribution in [0, 0.1) is 5.92 Å². The molecule has 4 nitrogen and oxygen atoms in total. The number of likely N-dealkylation sites (N-methyl/N-ethyl adjacent to an activating group) is 1. The van der Waals surface area contributed by atoms with Crippen molar-refractivity contribution in [2.75, 3.05) is 13.6 Å². The number of halogens is 2. The van der Waals surface area contributed by atoms with Gasteiger partial charge < -0.3 is 20.5 Å². The van der Waals surface area contributed by atoms with Crippen molar-refractivity contribution >= 4 is 6.09 Å². The molecular formula is C11H19F2N2O2-. The molecule has 0 spiro atoms. The summed E-state index contributed by atoms with van der Waals surface area (Å²) in [5.41, 5.74) is 5.79. The van der Waals surface area contributed by atoms with Gasteiger partial charge in [-0.25, -0.2) is 8.78 Å². The van der Waals surface area contributed by atoms with Gasteiger partial charge in [0.05, 0.1) is 0 Å². The van der Waals surface area contributed by atoms with Gasteiger partial charge in [-0.15, -0.1) is 0 Å². The molecule has 0 bridgehead atoms. The Bertz CT molecular complexity index is 264. The molecule has 0 aromatic carbocycles. The van der Waals surface area contributed by atoms with Gasteiger partial charge in [0.2, 0.25) is 5.92 Å². The standard InChI is InChI=1S/C11H20F2N2O2/c1-15(10(16)17)7-9(14)6-8-2-4-11(12,13)5-3-8/h8-9H,2-7,14H2,1H3,(H,16,17)/p-1. The summed E-state index contributed by atoms with van der Waals surface area (Å²) in [5, 5.41) is 10.5. The van der Waals surface area contributed by atoms with Crippen LogP contribution >= 0.6 is 0 Å². The highest BCUT2D eigenvalue weighted by Gasteiger charge is 2.35. The number of rotatable bonds is 4. The van der Waals surface area contributed by atoms with Crippen molar-refractivity contribution in [2.45, 2.75) is 44.1 Å². The lowest BCUT2D eigenvalue weighted by Gasteiger charge is -2.31. The first-order valence-electron chi connectivity index (χ1n) is 5.85. The number of hydrogen-bond donors (Lipinski definition) is 1. The maximum Gasteiger partial charge on any atom is 0.248 e. The Morgan fingerprint density at radius 1 is 1.53 bits per heavy atom. The third-order valence-corrected chi connectivity index (χ3v) is 3.29. The van der Waals surface area contributed by atoms with E-state index in [0.29, 0.717) is 19.3 Å². The van der Waals surface area contributed by atoms with Crippen LogP contribution in [-0.2, 0) is 0 Å². The molecule has 6 heteroatoms. The summed E-state index contributed by atoms with van der Waals surface area (Å²) in [6.45, 7) is 0.190. The van der Waals surface area contributed by atoms with E-state index in [1.165, 1.54) is 7.05 Å². The molecule has 1 aliphatic carbocycles. The van der Waals surface area contributed by atoms with Gasteiger partial charge in [0.1, 0.15) is 6.09 Å². The Morgan fingerprint density at radius 2 is 2.06 bits per heavy atom. The average molecular weight is 249 g/mol. The van der Waals surface area contributed by atoms with Crippen LogP contribution in [0.4, 0.5) is 13.6 Å². The molecule has 17 heavy (non-hydrogen) atoms. The first-order chi connectivity index (χ1) is 7.80. The second kappa shape index (κ2) is 5.62. The van der Waals surface area contributed by atoms with Gasteiger partial charge in [-0.1, -0.05) is 0 Å². The van der Waals surface area contributed by atoms with Crippen molar-refractivity contribution in [3.8, 4) is 0 Å². The van der Waals surface area contributed by atoms with Crippen molar-refractivity contribution in [1.82, 2.24) is 4.90 Å². The van der Waals surface area contributed by atoms with Crippen molar-refractivity contribution in [2.24, 2.45) is 11.7 Å². The van der Waals surface area contributed by atoms with Crippen LogP contribution in [0.2, 0.25) is 0 Å². The molecule has 1 saturated carbocycles. The van der Waals surface area contributed by atoms with Gasteiger partial charge in [0.25, 0.3) is 0 Å². The molecule has 1 rings (SSSR count). The monoisotopic (exact) mass is 249 g/mol. The molecule has 0 radical (unpaired) electrons. The lowest BCUT2D eigenvalue weighted by atomic mass is 9.83. The van der Waals surface area contributed by atoms with E-state index in [4.69, 9.17) is 5.73 Å². The molecule has 0 aromatic rings. The Balaban J connectivity index is 2.28. The minimum atomic E-state index is -2.53. The Hall–Kier alpha value is -0.910. The van der Waals surface area contributed by atoms with Crippen LogP contribution in [0.25, 0.3) is 0 Å². The quantitative estimate of drug-likeness (QED) is 0.801. The lowest BCUT2D eigenvalue weighted by Crippen LogP contribution is -2.45. The van der Waals surface area contributed by atoms with Gasteiger partial charge in [-0.2, -0.15) is 0 Å². The van der Waals surface area contributed by atoms with Crippen LogP contribution in [0.3, 0.4) is 0 Å². The van der Waals surface area contributed by atoms with Crippen LogP contribution < -0.4 is 10.8 Å². The highest BCUT2D eigenvalue weighted by Crippen LogP contribution is 2.37. The second-order valence-electron chi connectivity index (χ2n) is 4.94. The molecule has 1 aliphatic rings. The average Bonchev–Trinajstić information content (AvgIpc) is 2.21. The highest BCUT2D eigenvalue weighted by atomic mass is 19.3. The molecule has 0 aliphatic heterocycles. The van der Waals surface area contributed by atoms with E-state index in [1.807, 2.05) is 0 Å². The fraction of sp³-hybridized carbons (Fsp3) is 0.909. The Labute approximate surface area is 99.8 Å². The number of amides is 1. The summed E-state index contributed by atoms with van der Waals surface area (Å²) in [4.78, 5) is 11.5. The fourth-order valence-electron chi connectivity index (χ4n) is 2.26. The predicted octanol–water partition coefficient (Wildman–Crippen LogP) is 0.804. The zero-order valence-electron chi connectivity index (χ0n) is 9.99. The number of carboxylic acid groups (broad SMARTS) is 1. The zero-order valence-corrected chi connectivity index (χ0v) is 9.99. The maximum absolute atomic E-state index is 12.9. The third-order valence-electron chi connectivity index (χ3n) is 3.29. The molecule has 1 fully saturated rings. The van der Waals surface area contributed by atoms with Gasteiger partial charge >= 0.3 is 0 Å². The number of nitrogens with two attached hydrogens (primary N) is 1. The minimum absolute atomic E-state index is 0.0826. The van der Waals surface area contributed by atoms with Crippen molar-refractivity contribution in [3.05, 3.63) is 0 Å². The zero-order chi connectivity index (χ0) is 13.1. The molecule has 2 N–H and O–H groups in total. The van der Waals surface area contributed by atoms with Crippen LogP contribution in [0.1, 0.15) is 32.1 Å². The van der Waals surface area contributed by atoms with E-state index in [0.717, 1.165) is 4.90 Å². The first-order valence-corrected chi connectivity index (χ1v) is 5.85. The number of alkyl halides is 2. The van der Waals surface area contributed by atoms with Crippen LogP contribution in [0.15, 0.2) is 0 Å². The van der Waals surface area contributed by atoms with E-state index in [-0.39, 0.29) is 31.3 Å². The second-order valence-corrected chi connectivity index (χ2v) is 4.94. The summed E-state index contributed by atoms with van der Waals surface area (Å²) in [6.07, 6.45) is 0.0938. The highest BCUT2D eigenvalue weighted by molar-refractivity contribution is 5.61. The summed E-state index contributed by atoms with van der Waals surface area (Å²) in [6, 6.07) is -0.311. The van der Waals surface area contributed by atoms with Gasteiger partial charge in [0.15, 0.2) is 0 Å². The third kappa shape index (κ3) is 4.85. The maximum atomic E-state index is 12.9. The molecule has 0 heterocycles. The smallest absolute Gasteiger partial charge is 0.248 e. The van der Waals surface area contributed by atoms with E-state index in [9.17, 15) is 18.7 Å². The largest absolute Gasteiger partial charge is 0.530 e. The Kier molecular flexibility index (Phi) is 4.68. The van der Waals surface area contributed by atoms with E-state index >= 15 is 0 Å². The van der Waals surface area contributed by atoms with Gasteiger partial charge in [0, 0.05) is 32.5 Å². The molecule has 1 amide bonds. The van der Waals surface area contributed by atoms with Crippen molar-refractivity contribution < 1.29 is 18.7 Å². The number of nitrogens with zero attached hydrogens (tertiary/aromatic N) is 1. The first kappa shape index (κ1) is 14.2. The molecule has 1 atom stereocenters. The summed E-state index contributed by atoms with van der Waals surface area (Å²) < 4.78 is 25.8. The van der Waals surface area contributed by atoms with Crippen LogP contribution in [-0.4, -0.2) is 36.5 Å². The topological polar surface area (TPSA) is 69.4 Å². The van der Waals surface area contributed by atoms with Gasteiger partial charge in [-0.3, -0.25) is 0 Å². The van der Waals surface area contributed by atoms with Gasteiger partial charge in [-0.05, 0) is 25.2 Å². The molecule has 0 aromatic heterocycles. The van der Waals surface area contributed by atoms with E-state index in [2.05, 4.69) is 0 Å².